The van der Waals surface area contributed by atoms with Crippen LogP contribution in [0.1, 0.15) is 54.1 Å². The number of hydrogen-bond acceptors (Lipinski definition) is 4. The van der Waals surface area contributed by atoms with Gasteiger partial charge in [-0.2, -0.15) is 13.2 Å². The predicted octanol–water partition coefficient (Wildman–Crippen LogP) is 4.47. The van der Waals surface area contributed by atoms with Gasteiger partial charge in [0, 0.05) is 32.6 Å². The SMILES string of the molecule is COc1ccc(C2CN(C)C(=O)C23CCN(C(=O)[C@H](NC(=O)c2cc(C(F)(F)F)ccc2F)C(C)C)CC3)cc1. The number of carbonyl (C=O) groups is 3. The Morgan fingerprint density at radius 3 is 2.25 bits per heavy atom. The number of amides is 3. The van der Waals surface area contributed by atoms with Gasteiger partial charge in [0.1, 0.15) is 17.6 Å². The monoisotopic (exact) mass is 563 g/mol. The van der Waals surface area contributed by atoms with E-state index in [0.29, 0.717) is 43.3 Å². The van der Waals surface area contributed by atoms with E-state index in [1.54, 1.807) is 37.8 Å². The third-order valence-corrected chi connectivity index (χ3v) is 8.14. The Morgan fingerprint density at radius 2 is 1.70 bits per heavy atom. The number of likely N-dealkylation sites (tertiary alicyclic amines) is 2. The quantitative estimate of drug-likeness (QED) is 0.526. The lowest BCUT2D eigenvalue weighted by atomic mass is 9.68. The molecule has 216 valence electrons. The van der Waals surface area contributed by atoms with Crippen molar-refractivity contribution in [3.8, 4) is 5.75 Å². The molecule has 1 unspecified atom stereocenters. The molecule has 1 spiro atoms. The maximum atomic E-state index is 14.3. The first-order chi connectivity index (χ1) is 18.8. The molecule has 0 radical (unpaired) electrons. The van der Waals surface area contributed by atoms with Gasteiger partial charge in [-0.3, -0.25) is 14.4 Å². The summed E-state index contributed by atoms with van der Waals surface area (Å²) in [5, 5.41) is 2.45. The van der Waals surface area contributed by atoms with Crippen LogP contribution in [0.4, 0.5) is 17.6 Å². The van der Waals surface area contributed by atoms with Crippen molar-refractivity contribution >= 4 is 17.7 Å². The van der Waals surface area contributed by atoms with Gasteiger partial charge in [0.2, 0.25) is 11.8 Å². The molecule has 2 aliphatic rings. The maximum Gasteiger partial charge on any atom is 0.416 e. The molecule has 7 nitrogen and oxygen atoms in total. The number of ether oxygens (including phenoxy) is 1. The molecule has 2 aliphatic heterocycles. The van der Waals surface area contributed by atoms with Gasteiger partial charge < -0.3 is 19.9 Å². The highest BCUT2D eigenvalue weighted by atomic mass is 19.4. The van der Waals surface area contributed by atoms with Crippen LogP contribution in [0.5, 0.6) is 5.75 Å². The molecule has 40 heavy (non-hydrogen) atoms. The fraction of sp³-hybridized carbons (Fsp3) is 0.483. The van der Waals surface area contributed by atoms with Crippen LogP contribution < -0.4 is 10.1 Å². The molecule has 2 aromatic carbocycles. The van der Waals surface area contributed by atoms with Gasteiger partial charge in [-0.1, -0.05) is 26.0 Å². The van der Waals surface area contributed by atoms with Crippen molar-refractivity contribution in [2.24, 2.45) is 11.3 Å². The van der Waals surface area contributed by atoms with E-state index in [-0.39, 0.29) is 24.9 Å². The van der Waals surface area contributed by atoms with Crippen LogP contribution in [0, 0.1) is 17.2 Å². The number of benzene rings is 2. The van der Waals surface area contributed by atoms with Crippen LogP contribution in [-0.4, -0.2) is 67.4 Å². The van der Waals surface area contributed by atoms with Crippen molar-refractivity contribution in [3.63, 3.8) is 0 Å². The number of carbonyl (C=O) groups excluding carboxylic acids is 3. The van der Waals surface area contributed by atoms with E-state index in [9.17, 15) is 31.9 Å². The summed E-state index contributed by atoms with van der Waals surface area (Å²) in [6, 6.07) is 8.11. The molecule has 2 aromatic rings. The lowest BCUT2D eigenvalue weighted by molar-refractivity contribution is -0.143. The largest absolute Gasteiger partial charge is 0.497 e. The number of rotatable bonds is 6. The lowest BCUT2D eigenvalue weighted by Gasteiger charge is -2.42. The Bertz CT molecular complexity index is 1270. The molecule has 1 N–H and O–H groups in total. The van der Waals surface area contributed by atoms with Gasteiger partial charge in [-0.25, -0.2) is 4.39 Å². The topological polar surface area (TPSA) is 79.0 Å². The first-order valence-corrected chi connectivity index (χ1v) is 13.1. The van der Waals surface area contributed by atoms with Crippen LogP contribution in [-0.2, 0) is 15.8 Å². The number of halogens is 4. The zero-order valence-electron chi connectivity index (χ0n) is 22.8. The van der Waals surface area contributed by atoms with Crippen molar-refractivity contribution < 1.29 is 36.7 Å². The summed E-state index contributed by atoms with van der Waals surface area (Å²) in [6.45, 7) is 4.45. The Hall–Kier alpha value is -3.63. The highest BCUT2D eigenvalue weighted by molar-refractivity contribution is 5.98. The third-order valence-electron chi connectivity index (χ3n) is 8.14. The summed E-state index contributed by atoms with van der Waals surface area (Å²) in [7, 11) is 3.35. The fourth-order valence-corrected chi connectivity index (χ4v) is 5.81. The average molecular weight is 564 g/mol. The van der Waals surface area contributed by atoms with E-state index >= 15 is 0 Å². The fourth-order valence-electron chi connectivity index (χ4n) is 5.81. The highest BCUT2D eigenvalue weighted by Crippen LogP contribution is 2.50. The molecular weight excluding hydrogens is 530 g/mol. The minimum atomic E-state index is -4.75. The molecule has 0 aliphatic carbocycles. The standard InChI is InChI=1S/C29H33F4N3O4/c1-17(2)24(34-25(37)21-15-19(29(31,32)33)7-10-23(21)30)26(38)36-13-11-28(12-14-36)22(16-35(3)27(28)39)18-5-8-20(40-4)9-6-18/h5-10,15,17,22,24H,11-14,16H2,1-4H3,(H,34,37)/t22?,24-/m1/s1. The lowest BCUT2D eigenvalue weighted by Crippen LogP contribution is -2.55. The van der Waals surface area contributed by atoms with E-state index < -0.39 is 52.3 Å². The van der Waals surface area contributed by atoms with E-state index in [1.165, 1.54) is 0 Å². The van der Waals surface area contributed by atoms with Gasteiger partial charge in [0.05, 0.1) is 23.7 Å². The normalized spacial score (nSPS) is 19.7. The molecule has 2 atom stereocenters. The van der Waals surface area contributed by atoms with Gasteiger partial charge >= 0.3 is 6.18 Å². The minimum Gasteiger partial charge on any atom is -0.497 e. The van der Waals surface area contributed by atoms with Gasteiger partial charge in [-0.15, -0.1) is 0 Å². The molecule has 0 aromatic heterocycles. The first kappa shape index (κ1) is 29.4. The van der Waals surface area contributed by atoms with E-state index in [0.717, 1.165) is 5.56 Å². The molecule has 2 fully saturated rings. The Kier molecular flexibility index (Phi) is 8.14. The van der Waals surface area contributed by atoms with Crippen LogP contribution >= 0.6 is 0 Å². The molecular formula is C29H33F4N3O4. The predicted molar refractivity (Wildman–Crippen MR) is 139 cm³/mol. The maximum absolute atomic E-state index is 14.3. The molecule has 2 saturated heterocycles. The van der Waals surface area contributed by atoms with Gasteiger partial charge in [0.25, 0.3) is 5.91 Å². The van der Waals surface area contributed by atoms with Crippen LogP contribution in [0.3, 0.4) is 0 Å². The Morgan fingerprint density at radius 1 is 1.07 bits per heavy atom. The molecule has 2 heterocycles. The summed E-state index contributed by atoms with van der Waals surface area (Å²) in [6.07, 6.45) is -3.92. The second-order valence-electron chi connectivity index (χ2n) is 10.9. The number of alkyl halides is 3. The summed E-state index contributed by atoms with van der Waals surface area (Å²) in [4.78, 5) is 43.0. The summed E-state index contributed by atoms with van der Waals surface area (Å²) >= 11 is 0. The second kappa shape index (κ2) is 11.1. The van der Waals surface area contributed by atoms with Crippen LogP contribution in [0.15, 0.2) is 42.5 Å². The number of nitrogens with one attached hydrogen (secondary N) is 1. The highest BCUT2D eigenvalue weighted by Gasteiger charge is 2.55. The van der Waals surface area contributed by atoms with Crippen LogP contribution in [0.25, 0.3) is 0 Å². The first-order valence-electron chi connectivity index (χ1n) is 13.1. The third kappa shape index (κ3) is 5.51. The summed E-state index contributed by atoms with van der Waals surface area (Å²) in [5.41, 5.74) is -1.62. The average Bonchev–Trinajstić information content (AvgIpc) is 3.16. The van der Waals surface area contributed by atoms with E-state index in [2.05, 4.69) is 5.32 Å². The van der Waals surface area contributed by atoms with Crippen LogP contribution in [0.2, 0.25) is 0 Å². The van der Waals surface area contributed by atoms with Gasteiger partial charge in [-0.05, 0) is 54.7 Å². The zero-order chi connectivity index (χ0) is 29.4. The van der Waals surface area contributed by atoms with Gasteiger partial charge in [0.15, 0.2) is 0 Å². The van der Waals surface area contributed by atoms with Crippen molar-refractivity contribution in [1.29, 1.82) is 0 Å². The number of nitrogens with zero attached hydrogens (tertiary/aromatic N) is 2. The Labute approximate surface area is 230 Å². The van der Waals surface area contributed by atoms with Crippen molar-refractivity contribution in [2.75, 3.05) is 33.8 Å². The van der Waals surface area contributed by atoms with Crippen molar-refractivity contribution in [1.82, 2.24) is 15.1 Å². The molecule has 4 rings (SSSR count). The molecule has 3 amide bonds. The Balaban J connectivity index is 1.50. The van der Waals surface area contributed by atoms with E-state index in [4.69, 9.17) is 4.74 Å². The number of methoxy groups -OCH3 is 1. The summed E-state index contributed by atoms with van der Waals surface area (Å²) < 4.78 is 58.9. The molecule has 11 heteroatoms. The van der Waals surface area contributed by atoms with Crippen molar-refractivity contribution in [3.05, 3.63) is 65.0 Å². The second-order valence-corrected chi connectivity index (χ2v) is 10.9. The van der Waals surface area contributed by atoms with Crippen molar-refractivity contribution in [2.45, 2.75) is 44.8 Å². The minimum absolute atomic E-state index is 0.0224. The smallest absolute Gasteiger partial charge is 0.416 e. The molecule has 0 saturated carbocycles. The van der Waals surface area contributed by atoms with E-state index in [1.807, 2.05) is 24.3 Å². The zero-order valence-corrected chi connectivity index (χ0v) is 22.8. The number of likely N-dealkylation sites (N-methyl/N-ethyl adjacent to an activating group) is 1. The summed E-state index contributed by atoms with van der Waals surface area (Å²) in [5.74, 6) is -2.41. The number of hydrogen-bond donors (Lipinski definition) is 1. The number of piperidine rings is 1. The molecule has 0 bridgehead atoms.